The molecule has 0 fully saturated rings. The fourth-order valence-electron chi connectivity index (χ4n) is 2.79. The van der Waals surface area contributed by atoms with E-state index in [0.29, 0.717) is 22.5 Å². The molecule has 24 heavy (non-hydrogen) atoms. The smallest absolute Gasteiger partial charge is 0.254 e. The topological polar surface area (TPSA) is 64.0 Å². The molecule has 1 aromatic carbocycles. The molecule has 126 valence electrons. The normalized spacial score (nSPS) is 16.2. The third-order valence-electron chi connectivity index (χ3n) is 4.10. The predicted molar refractivity (Wildman–Crippen MR) is 96.8 cm³/mol. The number of nitrogens with one attached hydrogen (secondary N) is 1. The predicted octanol–water partition coefficient (Wildman–Crippen LogP) is 3.35. The lowest BCUT2D eigenvalue weighted by Crippen LogP contribution is -2.27. The standard InChI is InChI=1S/C18H21N3O2S/c1-11(2)13-4-6-14(7-5-13)20-16(22)9-15-10-24-18-19-12(3)8-17(23)21(15)18/h4-8,11,15H,9-10H2,1-3H3,(H,20,22)/t15-/m1/s1. The van der Waals surface area contributed by atoms with E-state index in [1.807, 2.05) is 31.2 Å². The van der Waals surface area contributed by atoms with Gasteiger partial charge in [-0.05, 0) is 30.5 Å². The maximum absolute atomic E-state index is 12.3. The third-order valence-corrected chi connectivity index (χ3v) is 5.20. The van der Waals surface area contributed by atoms with Crippen molar-refractivity contribution in [1.29, 1.82) is 0 Å². The van der Waals surface area contributed by atoms with Crippen LogP contribution in [0.5, 0.6) is 0 Å². The molecule has 0 saturated heterocycles. The van der Waals surface area contributed by atoms with Crippen molar-refractivity contribution in [2.45, 2.75) is 44.3 Å². The minimum atomic E-state index is -0.138. The lowest BCUT2D eigenvalue weighted by molar-refractivity contribution is -0.116. The van der Waals surface area contributed by atoms with Crippen LogP contribution in [0.15, 0.2) is 40.3 Å². The van der Waals surface area contributed by atoms with Crippen LogP contribution in [0.1, 0.15) is 43.5 Å². The highest BCUT2D eigenvalue weighted by Crippen LogP contribution is 2.32. The number of amides is 1. The zero-order valence-corrected chi connectivity index (χ0v) is 14.9. The minimum Gasteiger partial charge on any atom is -0.326 e. The second kappa shape index (κ2) is 6.81. The summed E-state index contributed by atoms with van der Waals surface area (Å²) < 4.78 is 1.64. The molecule has 1 N–H and O–H groups in total. The van der Waals surface area contributed by atoms with Crippen LogP contribution < -0.4 is 10.9 Å². The maximum atomic E-state index is 12.3. The van der Waals surface area contributed by atoms with Gasteiger partial charge in [-0.1, -0.05) is 37.7 Å². The number of nitrogens with zero attached hydrogens (tertiary/aromatic N) is 2. The quantitative estimate of drug-likeness (QED) is 0.865. The zero-order valence-electron chi connectivity index (χ0n) is 14.1. The summed E-state index contributed by atoms with van der Waals surface area (Å²) in [7, 11) is 0. The van der Waals surface area contributed by atoms with Crippen molar-refractivity contribution >= 4 is 23.4 Å². The first-order chi connectivity index (χ1) is 11.4. The first-order valence-corrected chi connectivity index (χ1v) is 9.05. The van der Waals surface area contributed by atoms with Gasteiger partial charge >= 0.3 is 0 Å². The summed E-state index contributed by atoms with van der Waals surface area (Å²) in [5.41, 5.74) is 2.66. The van der Waals surface area contributed by atoms with E-state index in [-0.39, 0.29) is 23.9 Å². The zero-order chi connectivity index (χ0) is 17.3. The molecule has 6 heteroatoms. The lowest BCUT2D eigenvalue weighted by Gasteiger charge is -2.13. The van der Waals surface area contributed by atoms with Gasteiger partial charge in [-0.2, -0.15) is 0 Å². The first-order valence-electron chi connectivity index (χ1n) is 8.07. The minimum absolute atomic E-state index is 0.0819. The van der Waals surface area contributed by atoms with Gasteiger partial charge in [0.2, 0.25) is 5.91 Å². The number of hydrogen-bond donors (Lipinski definition) is 1. The van der Waals surface area contributed by atoms with E-state index in [4.69, 9.17) is 0 Å². The van der Waals surface area contributed by atoms with E-state index in [1.165, 1.54) is 23.4 Å². The molecule has 0 radical (unpaired) electrons. The van der Waals surface area contributed by atoms with Gasteiger partial charge in [0.25, 0.3) is 5.56 Å². The Morgan fingerprint density at radius 2 is 2.08 bits per heavy atom. The van der Waals surface area contributed by atoms with Crippen LogP contribution in [0.4, 0.5) is 5.69 Å². The first kappa shape index (κ1) is 16.8. The average Bonchev–Trinajstić information content (AvgIpc) is 2.90. The summed E-state index contributed by atoms with van der Waals surface area (Å²) in [5.74, 6) is 1.08. The molecule has 1 aromatic heterocycles. The van der Waals surface area contributed by atoms with Crippen molar-refractivity contribution in [1.82, 2.24) is 9.55 Å². The fourth-order valence-corrected chi connectivity index (χ4v) is 3.99. The molecule has 3 rings (SSSR count). The highest BCUT2D eigenvalue weighted by atomic mass is 32.2. The van der Waals surface area contributed by atoms with Crippen LogP contribution in [-0.2, 0) is 4.79 Å². The Labute approximate surface area is 145 Å². The number of carbonyl (C=O) groups excluding carboxylic acids is 1. The van der Waals surface area contributed by atoms with Crippen molar-refractivity contribution < 1.29 is 4.79 Å². The van der Waals surface area contributed by atoms with Crippen molar-refractivity contribution in [3.63, 3.8) is 0 Å². The molecule has 0 bridgehead atoms. The van der Waals surface area contributed by atoms with Gasteiger partial charge in [0.05, 0.1) is 6.04 Å². The largest absolute Gasteiger partial charge is 0.326 e. The van der Waals surface area contributed by atoms with Crippen molar-refractivity contribution in [3.8, 4) is 0 Å². The molecule has 0 aliphatic carbocycles. The van der Waals surface area contributed by atoms with Crippen molar-refractivity contribution in [2.24, 2.45) is 0 Å². The monoisotopic (exact) mass is 343 g/mol. The van der Waals surface area contributed by atoms with E-state index in [0.717, 1.165) is 5.69 Å². The molecule has 0 unspecified atom stereocenters. The SMILES string of the molecule is Cc1cc(=O)n2c(n1)SC[C@H]2CC(=O)Nc1ccc(C(C)C)cc1. The third kappa shape index (κ3) is 3.53. The van der Waals surface area contributed by atoms with E-state index >= 15 is 0 Å². The number of benzene rings is 1. The number of aromatic nitrogens is 2. The molecular formula is C18H21N3O2S. The molecule has 0 saturated carbocycles. The molecule has 1 atom stereocenters. The van der Waals surface area contributed by atoms with Gasteiger partial charge in [0, 0.05) is 29.6 Å². The van der Waals surface area contributed by atoms with Gasteiger partial charge in [0.1, 0.15) is 0 Å². The molecule has 1 amide bonds. The van der Waals surface area contributed by atoms with E-state index in [2.05, 4.69) is 24.1 Å². The molecule has 1 aliphatic rings. The van der Waals surface area contributed by atoms with Gasteiger partial charge < -0.3 is 5.32 Å². The Hall–Kier alpha value is -2.08. The molecule has 2 heterocycles. The Kier molecular flexibility index (Phi) is 4.76. The number of carbonyl (C=O) groups is 1. The van der Waals surface area contributed by atoms with Crippen LogP contribution >= 0.6 is 11.8 Å². The van der Waals surface area contributed by atoms with Crippen molar-refractivity contribution in [2.75, 3.05) is 11.1 Å². The summed E-state index contributed by atoms with van der Waals surface area (Å²) in [6.45, 7) is 6.08. The Bertz CT molecular complexity index is 812. The van der Waals surface area contributed by atoms with Crippen LogP contribution in [0, 0.1) is 6.92 Å². The van der Waals surface area contributed by atoms with E-state index in [1.54, 1.807) is 4.57 Å². The number of hydrogen-bond acceptors (Lipinski definition) is 4. The lowest BCUT2D eigenvalue weighted by atomic mass is 10.0. The van der Waals surface area contributed by atoms with E-state index < -0.39 is 0 Å². The van der Waals surface area contributed by atoms with E-state index in [9.17, 15) is 9.59 Å². The number of thioether (sulfide) groups is 1. The maximum Gasteiger partial charge on any atom is 0.254 e. The van der Waals surface area contributed by atoms with Crippen LogP contribution in [0.25, 0.3) is 0 Å². The Balaban J connectivity index is 1.68. The second-order valence-electron chi connectivity index (χ2n) is 6.38. The average molecular weight is 343 g/mol. The van der Waals surface area contributed by atoms with Gasteiger partial charge in [-0.3, -0.25) is 14.2 Å². The molecular weight excluding hydrogens is 322 g/mol. The number of anilines is 1. The van der Waals surface area contributed by atoms with Gasteiger partial charge in [-0.15, -0.1) is 0 Å². The van der Waals surface area contributed by atoms with Gasteiger partial charge in [0.15, 0.2) is 5.16 Å². The summed E-state index contributed by atoms with van der Waals surface area (Å²) >= 11 is 1.53. The molecule has 1 aliphatic heterocycles. The van der Waals surface area contributed by atoms with Crippen LogP contribution in [-0.4, -0.2) is 21.2 Å². The highest BCUT2D eigenvalue weighted by Gasteiger charge is 2.27. The van der Waals surface area contributed by atoms with Crippen LogP contribution in [0.3, 0.4) is 0 Å². The van der Waals surface area contributed by atoms with Gasteiger partial charge in [-0.25, -0.2) is 4.98 Å². The Morgan fingerprint density at radius 1 is 1.38 bits per heavy atom. The number of rotatable bonds is 4. The van der Waals surface area contributed by atoms with Crippen LogP contribution in [0.2, 0.25) is 0 Å². The summed E-state index contributed by atoms with van der Waals surface area (Å²) in [4.78, 5) is 28.9. The number of fused-ring (bicyclic) bond motifs is 1. The Morgan fingerprint density at radius 3 is 2.75 bits per heavy atom. The molecule has 5 nitrogen and oxygen atoms in total. The van der Waals surface area contributed by atoms with Crippen molar-refractivity contribution in [3.05, 3.63) is 51.9 Å². The molecule has 0 spiro atoms. The summed E-state index contributed by atoms with van der Waals surface area (Å²) in [6, 6.07) is 9.27. The number of aryl methyl sites for hydroxylation is 1. The fraction of sp³-hybridized carbons (Fsp3) is 0.389. The summed E-state index contributed by atoms with van der Waals surface area (Å²) in [6.07, 6.45) is 0.274. The molecule has 2 aromatic rings. The highest BCUT2D eigenvalue weighted by molar-refractivity contribution is 7.99. The second-order valence-corrected chi connectivity index (χ2v) is 7.37. The summed E-state index contributed by atoms with van der Waals surface area (Å²) in [5, 5.41) is 3.62.